The number of fused-ring (bicyclic) bond motifs is 3. The van der Waals surface area contributed by atoms with Crippen LogP contribution in [0.4, 0.5) is 5.69 Å². The number of anilines is 1. The number of para-hydroxylation sites is 1. The predicted octanol–water partition coefficient (Wildman–Crippen LogP) is 4.98. The Bertz CT molecular complexity index is 1140. The molecule has 136 valence electrons. The van der Waals surface area contributed by atoms with Gasteiger partial charge in [0.1, 0.15) is 22.0 Å². The Morgan fingerprint density at radius 2 is 2.00 bits per heavy atom. The van der Waals surface area contributed by atoms with E-state index in [0.29, 0.717) is 10.6 Å². The van der Waals surface area contributed by atoms with E-state index >= 15 is 0 Å². The second-order valence-corrected chi connectivity index (χ2v) is 7.24. The fourth-order valence-corrected chi connectivity index (χ4v) is 3.70. The molecule has 4 aromatic rings. The number of thioether (sulfide) groups is 1. The number of rotatable bonds is 5. The van der Waals surface area contributed by atoms with Gasteiger partial charge in [-0.1, -0.05) is 43.0 Å². The average molecular weight is 377 g/mol. The van der Waals surface area contributed by atoms with Crippen molar-refractivity contribution in [1.29, 1.82) is 0 Å². The molecule has 27 heavy (non-hydrogen) atoms. The molecule has 1 N–H and O–H groups in total. The van der Waals surface area contributed by atoms with Crippen molar-refractivity contribution in [2.75, 3.05) is 11.1 Å². The Hall–Kier alpha value is -2.86. The van der Waals surface area contributed by atoms with E-state index in [1.165, 1.54) is 11.8 Å². The number of aryl methyl sites for hydroxylation is 2. The molecule has 0 aliphatic carbocycles. The van der Waals surface area contributed by atoms with Crippen LogP contribution in [0.1, 0.15) is 18.3 Å². The van der Waals surface area contributed by atoms with Crippen LogP contribution in [-0.2, 0) is 11.2 Å². The van der Waals surface area contributed by atoms with Crippen molar-refractivity contribution in [2.24, 2.45) is 0 Å². The lowest BCUT2D eigenvalue weighted by atomic mass is 10.2. The number of benzene rings is 2. The Morgan fingerprint density at radius 3 is 2.81 bits per heavy atom. The van der Waals surface area contributed by atoms with Gasteiger partial charge in [-0.25, -0.2) is 9.97 Å². The second-order valence-electron chi connectivity index (χ2n) is 6.28. The number of furan rings is 1. The summed E-state index contributed by atoms with van der Waals surface area (Å²) in [6, 6.07) is 15.6. The summed E-state index contributed by atoms with van der Waals surface area (Å²) in [5, 5.41) is 4.59. The maximum atomic E-state index is 12.4. The molecular formula is C21H19N3O2S. The maximum Gasteiger partial charge on any atom is 0.234 e. The van der Waals surface area contributed by atoms with E-state index in [0.717, 1.165) is 40.0 Å². The molecule has 0 unspecified atom stereocenters. The van der Waals surface area contributed by atoms with Crippen LogP contribution in [0.25, 0.3) is 22.1 Å². The molecule has 0 radical (unpaired) electrons. The molecule has 1 amide bonds. The molecule has 0 saturated carbocycles. The summed E-state index contributed by atoms with van der Waals surface area (Å²) < 4.78 is 5.97. The first-order valence-electron chi connectivity index (χ1n) is 8.81. The van der Waals surface area contributed by atoms with Crippen molar-refractivity contribution in [3.63, 3.8) is 0 Å². The molecule has 0 spiro atoms. The quantitative estimate of drug-likeness (QED) is 0.392. The van der Waals surface area contributed by atoms with Gasteiger partial charge in [-0.05, 0) is 36.8 Å². The SMILES string of the molecule is CCc1nc(SCC(=O)Nc2cccc(C)c2)c2oc3ccccc3c2n1. The van der Waals surface area contributed by atoms with Crippen LogP contribution in [0.15, 0.2) is 58.0 Å². The summed E-state index contributed by atoms with van der Waals surface area (Å²) in [7, 11) is 0. The number of aromatic nitrogens is 2. The third-order valence-corrected chi connectivity index (χ3v) is 5.15. The van der Waals surface area contributed by atoms with Gasteiger partial charge in [0, 0.05) is 17.5 Å². The molecule has 5 nitrogen and oxygen atoms in total. The van der Waals surface area contributed by atoms with Crippen molar-refractivity contribution in [1.82, 2.24) is 9.97 Å². The zero-order valence-electron chi connectivity index (χ0n) is 15.2. The van der Waals surface area contributed by atoms with E-state index in [2.05, 4.69) is 15.3 Å². The van der Waals surface area contributed by atoms with Gasteiger partial charge in [-0.15, -0.1) is 0 Å². The van der Waals surface area contributed by atoms with Gasteiger partial charge in [0.2, 0.25) is 5.91 Å². The monoisotopic (exact) mass is 377 g/mol. The Morgan fingerprint density at radius 1 is 1.15 bits per heavy atom. The fourth-order valence-electron chi connectivity index (χ4n) is 2.92. The third kappa shape index (κ3) is 3.66. The lowest BCUT2D eigenvalue weighted by Crippen LogP contribution is -2.14. The third-order valence-electron chi connectivity index (χ3n) is 4.19. The summed E-state index contributed by atoms with van der Waals surface area (Å²) in [5.41, 5.74) is 4.13. The Kier molecular flexibility index (Phi) is 4.81. The first kappa shape index (κ1) is 17.5. The Balaban J connectivity index is 1.60. The van der Waals surface area contributed by atoms with Gasteiger partial charge in [-0.3, -0.25) is 4.79 Å². The van der Waals surface area contributed by atoms with E-state index in [1.54, 1.807) is 0 Å². The molecule has 0 aliphatic rings. The first-order valence-corrected chi connectivity index (χ1v) is 9.80. The van der Waals surface area contributed by atoms with Gasteiger partial charge in [0.15, 0.2) is 5.58 Å². The van der Waals surface area contributed by atoms with Crippen molar-refractivity contribution < 1.29 is 9.21 Å². The van der Waals surface area contributed by atoms with Crippen LogP contribution < -0.4 is 5.32 Å². The standard InChI is InChI=1S/C21H19N3O2S/c1-3-17-23-19-15-9-4-5-10-16(15)26-20(19)21(24-17)27-12-18(25)22-14-8-6-7-13(2)11-14/h4-11H,3,12H2,1-2H3,(H,22,25). The Labute approximate surface area is 161 Å². The minimum atomic E-state index is -0.0773. The number of hydrogen-bond donors (Lipinski definition) is 1. The number of carbonyl (C=O) groups is 1. The number of hydrogen-bond acceptors (Lipinski definition) is 5. The molecule has 0 aliphatic heterocycles. The van der Waals surface area contributed by atoms with Crippen molar-refractivity contribution in [2.45, 2.75) is 25.3 Å². The zero-order chi connectivity index (χ0) is 18.8. The highest BCUT2D eigenvalue weighted by Crippen LogP contribution is 2.33. The zero-order valence-corrected chi connectivity index (χ0v) is 16.0. The van der Waals surface area contributed by atoms with Crippen LogP contribution in [-0.4, -0.2) is 21.6 Å². The van der Waals surface area contributed by atoms with Crippen molar-refractivity contribution in [3.05, 3.63) is 59.9 Å². The molecule has 2 aromatic carbocycles. The summed E-state index contributed by atoms with van der Waals surface area (Å²) in [6.45, 7) is 4.01. The van der Waals surface area contributed by atoms with E-state index in [4.69, 9.17) is 4.42 Å². The second kappa shape index (κ2) is 7.40. The predicted molar refractivity (Wildman–Crippen MR) is 109 cm³/mol. The molecule has 0 bridgehead atoms. The average Bonchev–Trinajstić information content (AvgIpc) is 3.05. The van der Waals surface area contributed by atoms with E-state index in [9.17, 15) is 4.79 Å². The van der Waals surface area contributed by atoms with E-state index in [1.807, 2.05) is 62.4 Å². The largest absolute Gasteiger partial charge is 0.451 e. The molecule has 0 fully saturated rings. The summed E-state index contributed by atoms with van der Waals surface area (Å²) in [6.07, 6.45) is 0.721. The van der Waals surface area contributed by atoms with Crippen LogP contribution in [0, 0.1) is 6.92 Å². The van der Waals surface area contributed by atoms with E-state index < -0.39 is 0 Å². The number of nitrogens with one attached hydrogen (secondary N) is 1. The summed E-state index contributed by atoms with van der Waals surface area (Å²) >= 11 is 1.37. The molecule has 6 heteroatoms. The van der Waals surface area contributed by atoms with Crippen LogP contribution in [0.3, 0.4) is 0 Å². The van der Waals surface area contributed by atoms with Crippen LogP contribution in [0.2, 0.25) is 0 Å². The van der Waals surface area contributed by atoms with Gasteiger partial charge in [0.25, 0.3) is 0 Å². The smallest absolute Gasteiger partial charge is 0.234 e. The van der Waals surface area contributed by atoms with Crippen molar-refractivity contribution >= 4 is 45.4 Å². The number of nitrogens with zero attached hydrogens (tertiary/aromatic N) is 2. The first-order chi connectivity index (χ1) is 13.1. The van der Waals surface area contributed by atoms with Crippen LogP contribution in [0.5, 0.6) is 0 Å². The van der Waals surface area contributed by atoms with Gasteiger partial charge in [0.05, 0.1) is 5.75 Å². The van der Waals surface area contributed by atoms with Gasteiger partial charge >= 0.3 is 0 Å². The topological polar surface area (TPSA) is 68.0 Å². The molecular weight excluding hydrogens is 358 g/mol. The lowest BCUT2D eigenvalue weighted by Gasteiger charge is -2.06. The van der Waals surface area contributed by atoms with Crippen molar-refractivity contribution in [3.8, 4) is 0 Å². The summed E-state index contributed by atoms with van der Waals surface area (Å²) in [4.78, 5) is 21.6. The maximum absolute atomic E-state index is 12.4. The highest BCUT2D eigenvalue weighted by Gasteiger charge is 2.16. The molecule has 4 rings (SSSR count). The molecule has 0 atom stereocenters. The molecule has 2 heterocycles. The normalized spacial score (nSPS) is 11.2. The van der Waals surface area contributed by atoms with E-state index in [-0.39, 0.29) is 11.7 Å². The van der Waals surface area contributed by atoms with Gasteiger partial charge in [-0.2, -0.15) is 0 Å². The summed E-state index contributed by atoms with van der Waals surface area (Å²) in [5.74, 6) is 0.919. The number of carbonyl (C=O) groups excluding carboxylic acids is 1. The fraction of sp³-hybridized carbons (Fsp3) is 0.190. The molecule has 0 saturated heterocycles. The molecule has 2 aromatic heterocycles. The highest BCUT2D eigenvalue weighted by atomic mass is 32.2. The number of amides is 1. The van der Waals surface area contributed by atoms with Crippen LogP contribution >= 0.6 is 11.8 Å². The highest BCUT2D eigenvalue weighted by molar-refractivity contribution is 8.00. The lowest BCUT2D eigenvalue weighted by molar-refractivity contribution is -0.113. The minimum absolute atomic E-state index is 0.0773. The minimum Gasteiger partial charge on any atom is -0.451 e. The van der Waals surface area contributed by atoms with Gasteiger partial charge < -0.3 is 9.73 Å².